The lowest BCUT2D eigenvalue weighted by molar-refractivity contribution is 0.152. The second-order valence-electron chi connectivity index (χ2n) is 6.70. The van der Waals surface area contributed by atoms with Crippen molar-refractivity contribution in [1.82, 2.24) is 4.90 Å². The van der Waals surface area contributed by atoms with Crippen molar-refractivity contribution < 1.29 is 9.47 Å². The first-order valence-electron chi connectivity index (χ1n) is 8.94. The number of piperidine rings is 1. The van der Waals surface area contributed by atoms with Gasteiger partial charge in [-0.15, -0.1) is 0 Å². The Morgan fingerprint density at radius 3 is 2.64 bits per heavy atom. The summed E-state index contributed by atoms with van der Waals surface area (Å²) in [7, 11) is 1.72. The van der Waals surface area contributed by atoms with Crippen LogP contribution in [0.15, 0.2) is 42.5 Å². The Morgan fingerprint density at radius 2 is 1.92 bits per heavy atom. The molecule has 0 saturated carbocycles. The normalized spacial score (nSPS) is 18.1. The molecule has 0 amide bonds. The van der Waals surface area contributed by atoms with Crippen LogP contribution < -0.4 is 9.47 Å². The van der Waals surface area contributed by atoms with Crippen molar-refractivity contribution in [3.8, 4) is 11.5 Å². The van der Waals surface area contributed by atoms with E-state index in [0.29, 0.717) is 12.6 Å². The smallest absolute Gasteiger partial charge is 0.174 e. The molecule has 25 heavy (non-hydrogen) atoms. The fraction of sp³-hybridized carbons (Fsp3) is 0.429. The van der Waals surface area contributed by atoms with Crippen molar-refractivity contribution in [2.24, 2.45) is 0 Å². The molecule has 3 nitrogen and oxygen atoms in total. The molecule has 1 unspecified atom stereocenters. The number of ether oxygens (including phenoxy) is 2. The standard InChI is InChI=1S/C21H26INO2/c1-16-8-6-7-11-23(16)14-18-12-19(22)21(20(13-18)24-2)25-15-17-9-4-3-5-10-17/h3-5,9-10,12-13,16H,6-8,11,14-15H2,1-2H3. The summed E-state index contributed by atoms with van der Waals surface area (Å²) in [4.78, 5) is 2.57. The zero-order valence-electron chi connectivity index (χ0n) is 15.0. The number of benzene rings is 2. The van der Waals surface area contributed by atoms with Crippen molar-refractivity contribution in [2.75, 3.05) is 13.7 Å². The highest BCUT2D eigenvalue weighted by atomic mass is 127. The molecule has 1 heterocycles. The lowest BCUT2D eigenvalue weighted by Gasteiger charge is -2.33. The molecule has 0 aliphatic carbocycles. The molecule has 0 radical (unpaired) electrons. The van der Waals surface area contributed by atoms with Crippen LogP contribution in [0.4, 0.5) is 0 Å². The van der Waals surface area contributed by atoms with Crippen LogP contribution in [-0.2, 0) is 13.2 Å². The van der Waals surface area contributed by atoms with Gasteiger partial charge >= 0.3 is 0 Å². The Bertz CT molecular complexity index is 690. The largest absolute Gasteiger partial charge is 0.493 e. The van der Waals surface area contributed by atoms with Gasteiger partial charge < -0.3 is 9.47 Å². The number of nitrogens with zero attached hydrogens (tertiary/aromatic N) is 1. The highest BCUT2D eigenvalue weighted by Crippen LogP contribution is 2.35. The minimum absolute atomic E-state index is 0.551. The molecule has 0 N–H and O–H groups in total. The first-order chi connectivity index (χ1) is 12.2. The third-order valence-electron chi connectivity index (χ3n) is 4.84. The molecule has 4 heteroatoms. The molecule has 1 atom stereocenters. The van der Waals surface area contributed by atoms with Crippen LogP contribution in [0.5, 0.6) is 11.5 Å². The summed E-state index contributed by atoms with van der Waals surface area (Å²) in [5.41, 5.74) is 2.45. The summed E-state index contributed by atoms with van der Waals surface area (Å²) >= 11 is 2.35. The molecule has 0 bridgehead atoms. The van der Waals surface area contributed by atoms with Crippen LogP contribution in [0, 0.1) is 3.57 Å². The SMILES string of the molecule is COc1cc(CN2CCCCC2C)cc(I)c1OCc1ccccc1. The van der Waals surface area contributed by atoms with Crippen LogP contribution in [0.2, 0.25) is 0 Å². The highest BCUT2D eigenvalue weighted by Gasteiger charge is 2.20. The van der Waals surface area contributed by atoms with Crippen LogP contribution in [0.1, 0.15) is 37.3 Å². The predicted octanol–water partition coefficient (Wildman–Crippen LogP) is 5.25. The first-order valence-corrected chi connectivity index (χ1v) is 10.0. The number of likely N-dealkylation sites (tertiary alicyclic amines) is 1. The fourth-order valence-electron chi connectivity index (χ4n) is 3.36. The Kier molecular flexibility index (Phi) is 6.59. The Labute approximate surface area is 164 Å². The lowest BCUT2D eigenvalue weighted by Crippen LogP contribution is -2.36. The van der Waals surface area contributed by atoms with Crippen molar-refractivity contribution in [2.45, 2.75) is 45.4 Å². The van der Waals surface area contributed by atoms with E-state index in [1.165, 1.54) is 31.4 Å². The molecule has 2 aromatic rings. The monoisotopic (exact) mass is 451 g/mol. The van der Waals surface area contributed by atoms with Crippen molar-refractivity contribution in [1.29, 1.82) is 0 Å². The minimum Gasteiger partial charge on any atom is -0.493 e. The molecule has 3 rings (SSSR count). The number of hydrogen-bond acceptors (Lipinski definition) is 3. The Hall–Kier alpha value is -1.27. The van der Waals surface area contributed by atoms with E-state index < -0.39 is 0 Å². The van der Waals surface area contributed by atoms with Gasteiger partial charge in [0.2, 0.25) is 0 Å². The third-order valence-corrected chi connectivity index (χ3v) is 5.64. The van der Waals surface area contributed by atoms with Crippen molar-refractivity contribution in [3.63, 3.8) is 0 Å². The second kappa shape index (κ2) is 8.90. The molecule has 1 saturated heterocycles. The second-order valence-corrected chi connectivity index (χ2v) is 7.86. The van der Waals surface area contributed by atoms with Gasteiger partial charge in [-0.3, -0.25) is 4.90 Å². The van der Waals surface area contributed by atoms with E-state index in [1.54, 1.807) is 7.11 Å². The average Bonchev–Trinajstić information content (AvgIpc) is 2.63. The highest BCUT2D eigenvalue weighted by molar-refractivity contribution is 14.1. The van der Waals surface area contributed by atoms with Gasteiger partial charge in [-0.1, -0.05) is 36.8 Å². The zero-order chi connectivity index (χ0) is 17.6. The quantitative estimate of drug-likeness (QED) is 0.560. The number of halogens is 1. The van der Waals surface area contributed by atoms with E-state index in [4.69, 9.17) is 9.47 Å². The molecule has 2 aromatic carbocycles. The summed E-state index contributed by atoms with van der Waals surface area (Å²) in [6.45, 7) is 5.05. The molecule has 0 aromatic heterocycles. The van der Waals surface area contributed by atoms with Gasteiger partial charge in [0.25, 0.3) is 0 Å². The Morgan fingerprint density at radius 1 is 1.12 bits per heavy atom. The zero-order valence-corrected chi connectivity index (χ0v) is 17.2. The summed E-state index contributed by atoms with van der Waals surface area (Å²) in [6.07, 6.45) is 3.95. The van der Waals surface area contributed by atoms with Crippen molar-refractivity contribution >= 4 is 22.6 Å². The molecule has 134 valence electrons. The number of hydrogen-bond donors (Lipinski definition) is 0. The van der Waals surface area contributed by atoms with E-state index >= 15 is 0 Å². The van der Waals surface area contributed by atoms with Gasteiger partial charge in [0.05, 0.1) is 10.7 Å². The van der Waals surface area contributed by atoms with Crippen LogP contribution in [0.25, 0.3) is 0 Å². The lowest BCUT2D eigenvalue weighted by atomic mass is 10.0. The maximum Gasteiger partial charge on any atom is 0.174 e. The first kappa shape index (κ1) is 18.5. The van der Waals surface area contributed by atoms with Gasteiger partial charge in [0, 0.05) is 12.6 Å². The van der Waals surface area contributed by atoms with E-state index in [0.717, 1.165) is 27.2 Å². The molecule has 1 aliphatic rings. The van der Waals surface area contributed by atoms with Gasteiger partial charge in [0.1, 0.15) is 6.61 Å². The van der Waals surface area contributed by atoms with E-state index in [-0.39, 0.29) is 0 Å². The maximum atomic E-state index is 6.06. The fourth-order valence-corrected chi connectivity index (χ4v) is 4.18. The van der Waals surface area contributed by atoms with Crippen LogP contribution in [-0.4, -0.2) is 24.6 Å². The van der Waals surface area contributed by atoms with Gasteiger partial charge in [-0.05, 0) is 72.2 Å². The Balaban J connectivity index is 1.73. The van der Waals surface area contributed by atoms with Gasteiger partial charge in [-0.25, -0.2) is 0 Å². The topological polar surface area (TPSA) is 21.7 Å². The summed E-state index contributed by atoms with van der Waals surface area (Å²) < 4.78 is 12.8. The van der Waals surface area contributed by atoms with E-state index in [9.17, 15) is 0 Å². The van der Waals surface area contributed by atoms with E-state index in [2.05, 4.69) is 58.7 Å². The third kappa shape index (κ3) is 4.88. The molecule has 1 aliphatic heterocycles. The molecular formula is C21H26INO2. The van der Waals surface area contributed by atoms with Crippen LogP contribution >= 0.6 is 22.6 Å². The van der Waals surface area contributed by atoms with Gasteiger partial charge in [0.15, 0.2) is 11.5 Å². The number of methoxy groups -OCH3 is 1. The van der Waals surface area contributed by atoms with Gasteiger partial charge in [-0.2, -0.15) is 0 Å². The summed E-state index contributed by atoms with van der Waals surface area (Å²) in [6, 6.07) is 15.2. The van der Waals surface area contributed by atoms with Crippen LogP contribution in [0.3, 0.4) is 0 Å². The maximum absolute atomic E-state index is 6.06. The minimum atomic E-state index is 0.551. The summed E-state index contributed by atoms with van der Waals surface area (Å²) in [5.74, 6) is 1.66. The molecular weight excluding hydrogens is 425 g/mol. The average molecular weight is 451 g/mol. The molecule has 1 fully saturated rings. The van der Waals surface area contributed by atoms with E-state index in [1.807, 2.05) is 18.2 Å². The predicted molar refractivity (Wildman–Crippen MR) is 110 cm³/mol. The summed E-state index contributed by atoms with van der Waals surface area (Å²) in [5, 5.41) is 0. The molecule has 0 spiro atoms. The van der Waals surface area contributed by atoms with Crippen molar-refractivity contribution in [3.05, 3.63) is 57.2 Å². The number of rotatable bonds is 6.